The fourth-order valence-corrected chi connectivity index (χ4v) is 3.07. The van der Waals surface area contributed by atoms with E-state index in [1.165, 1.54) is 6.42 Å². The van der Waals surface area contributed by atoms with Gasteiger partial charge in [-0.3, -0.25) is 4.79 Å². The van der Waals surface area contributed by atoms with E-state index in [-0.39, 0.29) is 11.8 Å². The summed E-state index contributed by atoms with van der Waals surface area (Å²) < 4.78 is 0. The van der Waals surface area contributed by atoms with Crippen molar-refractivity contribution in [2.45, 2.75) is 44.6 Å². The molecule has 1 aromatic carbocycles. The van der Waals surface area contributed by atoms with Crippen molar-refractivity contribution in [1.29, 1.82) is 0 Å². The van der Waals surface area contributed by atoms with E-state index >= 15 is 0 Å². The molecule has 1 atom stereocenters. The van der Waals surface area contributed by atoms with Crippen molar-refractivity contribution >= 4 is 23.2 Å². The fourth-order valence-electron chi connectivity index (χ4n) is 2.89. The van der Waals surface area contributed by atoms with Crippen LogP contribution in [0.5, 0.6) is 0 Å². The van der Waals surface area contributed by atoms with Gasteiger partial charge in [0.1, 0.15) is 5.54 Å². The highest BCUT2D eigenvalue weighted by molar-refractivity contribution is 6.33. The molecule has 3 nitrogen and oxygen atoms in total. The van der Waals surface area contributed by atoms with Gasteiger partial charge in [-0.15, -0.1) is 0 Å². The molecule has 1 aliphatic carbocycles. The minimum Gasteiger partial charge on any atom is -0.370 e. The zero-order chi connectivity index (χ0) is 13.9. The molecule has 4 heteroatoms. The van der Waals surface area contributed by atoms with Crippen LogP contribution in [-0.2, 0) is 4.79 Å². The summed E-state index contributed by atoms with van der Waals surface area (Å²) in [5.41, 5.74) is 5.70. The Morgan fingerprint density at radius 3 is 2.53 bits per heavy atom. The lowest BCUT2D eigenvalue weighted by Gasteiger charge is -2.39. The Kier molecular flexibility index (Phi) is 4.35. The monoisotopic (exact) mass is 280 g/mol. The van der Waals surface area contributed by atoms with Crippen molar-refractivity contribution in [1.82, 2.24) is 0 Å². The van der Waals surface area contributed by atoms with E-state index in [1.54, 1.807) is 0 Å². The third kappa shape index (κ3) is 3.03. The molecule has 1 aliphatic rings. The molecule has 0 saturated heterocycles. The SMILES string of the molecule is CC(Nc1ccccc1Cl)(C(N)=O)C1CCCCC1. The topological polar surface area (TPSA) is 55.1 Å². The normalized spacial score (nSPS) is 19.7. The molecular formula is C15H21ClN2O. The van der Waals surface area contributed by atoms with Gasteiger partial charge < -0.3 is 11.1 Å². The van der Waals surface area contributed by atoms with E-state index in [0.717, 1.165) is 31.4 Å². The molecule has 0 spiro atoms. The minimum absolute atomic E-state index is 0.273. The molecule has 2 rings (SSSR count). The molecule has 0 heterocycles. The molecule has 1 fully saturated rings. The lowest BCUT2D eigenvalue weighted by atomic mass is 9.75. The van der Waals surface area contributed by atoms with E-state index in [4.69, 9.17) is 17.3 Å². The van der Waals surface area contributed by atoms with Gasteiger partial charge in [0, 0.05) is 0 Å². The van der Waals surface area contributed by atoms with Crippen molar-refractivity contribution in [2.24, 2.45) is 11.7 Å². The number of nitrogens with two attached hydrogens (primary N) is 1. The third-order valence-corrected chi connectivity index (χ3v) is 4.53. The van der Waals surface area contributed by atoms with Crippen LogP contribution in [0.3, 0.4) is 0 Å². The molecule has 1 amide bonds. The van der Waals surface area contributed by atoms with E-state index in [0.29, 0.717) is 5.02 Å². The third-order valence-electron chi connectivity index (χ3n) is 4.20. The second kappa shape index (κ2) is 5.83. The first-order valence-electron chi connectivity index (χ1n) is 6.86. The summed E-state index contributed by atoms with van der Waals surface area (Å²) in [6.45, 7) is 1.90. The molecular weight excluding hydrogens is 260 g/mol. The van der Waals surface area contributed by atoms with E-state index in [9.17, 15) is 4.79 Å². The standard InChI is InChI=1S/C15H21ClN2O/c1-15(14(17)19,11-7-3-2-4-8-11)18-13-10-6-5-9-12(13)16/h5-6,9-11,18H,2-4,7-8H2,1H3,(H2,17,19). The number of carbonyl (C=O) groups is 1. The van der Waals surface area contributed by atoms with Crippen molar-refractivity contribution in [3.05, 3.63) is 29.3 Å². The molecule has 1 saturated carbocycles. The molecule has 104 valence electrons. The van der Waals surface area contributed by atoms with E-state index < -0.39 is 5.54 Å². The van der Waals surface area contributed by atoms with Crippen LogP contribution >= 0.6 is 11.6 Å². The van der Waals surface area contributed by atoms with Crippen LogP contribution in [-0.4, -0.2) is 11.4 Å². The van der Waals surface area contributed by atoms with Crippen molar-refractivity contribution in [3.8, 4) is 0 Å². The van der Waals surface area contributed by atoms with Crippen LogP contribution < -0.4 is 11.1 Å². The first kappa shape index (κ1) is 14.2. The Morgan fingerprint density at radius 1 is 1.32 bits per heavy atom. The van der Waals surface area contributed by atoms with Gasteiger partial charge in [0.15, 0.2) is 0 Å². The summed E-state index contributed by atoms with van der Waals surface area (Å²) in [7, 11) is 0. The number of rotatable bonds is 4. The molecule has 1 unspecified atom stereocenters. The first-order chi connectivity index (χ1) is 9.04. The number of hydrogen-bond acceptors (Lipinski definition) is 2. The molecule has 0 aliphatic heterocycles. The van der Waals surface area contributed by atoms with Crippen molar-refractivity contribution in [3.63, 3.8) is 0 Å². The van der Waals surface area contributed by atoms with Crippen LogP contribution in [0.2, 0.25) is 5.02 Å². The highest BCUT2D eigenvalue weighted by atomic mass is 35.5. The number of benzene rings is 1. The summed E-state index contributed by atoms with van der Waals surface area (Å²) in [6.07, 6.45) is 5.65. The van der Waals surface area contributed by atoms with E-state index in [1.807, 2.05) is 31.2 Å². The summed E-state index contributed by atoms with van der Waals surface area (Å²) in [5, 5.41) is 3.90. The maximum Gasteiger partial charge on any atom is 0.243 e. The maximum atomic E-state index is 12.0. The van der Waals surface area contributed by atoms with Crippen LogP contribution in [0, 0.1) is 5.92 Å². The Hall–Kier alpha value is -1.22. The van der Waals surface area contributed by atoms with Gasteiger partial charge in [0.05, 0.1) is 10.7 Å². The summed E-state index contributed by atoms with van der Waals surface area (Å²) in [6, 6.07) is 7.46. The summed E-state index contributed by atoms with van der Waals surface area (Å²) >= 11 is 6.16. The first-order valence-corrected chi connectivity index (χ1v) is 7.24. The highest BCUT2D eigenvalue weighted by Crippen LogP contribution is 2.36. The number of anilines is 1. The Morgan fingerprint density at radius 2 is 1.95 bits per heavy atom. The zero-order valence-electron chi connectivity index (χ0n) is 11.3. The smallest absolute Gasteiger partial charge is 0.243 e. The molecule has 1 aromatic rings. The van der Waals surface area contributed by atoms with Gasteiger partial charge in [-0.25, -0.2) is 0 Å². The summed E-state index contributed by atoms with van der Waals surface area (Å²) in [5.74, 6) is -0.0330. The van der Waals surface area contributed by atoms with Gasteiger partial charge in [-0.05, 0) is 37.8 Å². The highest BCUT2D eigenvalue weighted by Gasteiger charge is 2.40. The van der Waals surface area contributed by atoms with Crippen LogP contribution in [0.4, 0.5) is 5.69 Å². The number of amides is 1. The minimum atomic E-state index is -0.731. The van der Waals surface area contributed by atoms with Crippen molar-refractivity contribution in [2.75, 3.05) is 5.32 Å². The van der Waals surface area contributed by atoms with Gasteiger partial charge in [-0.2, -0.15) is 0 Å². The Labute approximate surface area is 119 Å². The van der Waals surface area contributed by atoms with Gasteiger partial charge in [0.2, 0.25) is 5.91 Å². The van der Waals surface area contributed by atoms with Gasteiger partial charge in [0.25, 0.3) is 0 Å². The quantitative estimate of drug-likeness (QED) is 0.886. The zero-order valence-corrected chi connectivity index (χ0v) is 12.0. The van der Waals surface area contributed by atoms with Crippen LogP contribution in [0.1, 0.15) is 39.0 Å². The molecule has 19 heavy (non-hydrogen) atoms. The Bertz CT molecular complexity index is 457. The largest absolute Gasteiger partial charge is 0.370 e. The number of para-hydroxylation sites is 1. The number of hydrogen-bond donors (Lipinski definition) is 2. The van der Waals surface area contributed by atoms with Gasteiger partial charge in [-0.1, -0.05) is 43.0 Å². The molecule has 3 N–H and O–H groups in total. The lowest BCUT2D eigenvalue weighted by molar-refractivity contribution is -0.123. The number of carbonyl (C=O) groups excluding carboxylic acids is 1. The van der Waals surface area contributed by atoms with Crippen LogP contribution in [0.25, 0.3) is 0 Å². The molecule has 0 aromatic heterocycles. The predicted molar refractivity (Wildman–Crippen MR) is 79.2 cm³/mol. The number of primary amides is 1. The second-order valence-electron chi connectivity index (χ2n) is 5.51. The fraction of sp³-hybridized carbons (Fsp3) is 0.533. The summed E-state index contributed by atoms with van der Waals surface area (Å²) in [4.78, 5) is 12.0. The van der Waals surface area contributed by atoms with Crippen LogP contribution in [0.15, 0.2) is 24.3 Å². The molecule has 0 radical (unpaired) electrons. The lowest BCUT2D eigenvalue weighted by Crippen LogP contribution is -2.54. The number of nitrogens with one attached hydrogen (secondary N) is 1. The maximum absolute atomic E-state index is 12.0. The average molecular weight is 281 g/mol. The Balaban J connectivity index is 2.24. The number of halogens is 1. The van der Waals surface area contributed by atoms with Gasteiger partial charge >= 0.3 is 0 Å². The predicted octanol–water partition coefficient (Wildman–Crippen LogP) is 3.58. The average Bonchev–Trinajstić information content (AvgIpc) is 2.42. The second-order valence-corrected chi connectivity index (χ2v) is 5.91. The van der Waals surface area contributed by atoms with E-state index in [2.05, 4.69) is 5.32 Å². The van der Waals surface area contributed by atoms with Crippen molar-refractivity contribution < 1.29 is 4.79 Å². The molecule has 0 bridgehead atoms.